The molecule has 0 bridgehead atoms. The fourth-order valence-corrected chi connectivity index (χ4v) is 9.03. The van der Waals surface area contributed by atoms with Crippen molar-refractivity contribution < 1.29 is 0 Å². The molecule has 0 N–H and O–H groups in total. The molecule has 4 heteroatoms. The van der Waals surface area contributed by atoms with E-state index < -0.39 is 0 Å². The van der Waals surface area contributed by atoms with E-state index in [4.69, 9.17) is 9.97 Å². The van der Waals surface area contributed by atoms with Crippen LogP contribution in [0.1, 0.15) is 0 Å². The van der Waals surface area contributed by atoms with Gasteiger partial charge >= 0.3 is 0 Å². The Morgan fingerprint density at radius 3 is 1.59 bits per heavy atom. The van der Waals surface area contributed by atoms with E-state index in [-0.39, 0.29) is 0 Å². The molecular formula is C54H34N4. The van der Waals surface area contributed by atoms with Crippen molar-refractivity contribution in [3.05, 3.63) is 206 Å². The first kappa shape index (κ1) is 32.4. The molecule has 4 nitrogen and oxygen atoms in total. The molecule has 0 unspecified atom stereocenters. The largest absolute Gasteiger partial charge is 0.307 e. The molecular weight excluding hydrogens is 705 g/mol. The van der Waals surface area contributed by atoms with Crippen LogP contribution in [0.25, 0.3) is 110 Å². The zero-order valence-corrected chi connectivity index (χ0v) is 31.4. The predicted molar refractivity (Wildman–Crippen MR) is 242 cm³/mol. The Morgan fingerprint density at radius 1 is 0.310 bits per heavy atom. The van der Waals surface area contributed by atoms with Crippen LogP contribution >= 0.6 is 0 Å². The van der Waals surface area contributed by atoms with Gasteiger partial charge in [-0.15, -0.1) is 0 Å². The fourth-order valence-electron chi connectivity index (χ4n) is 9.03. The van der Waals surface area contributed by atoms with Gasteiger partial charge in [-0.1, -0.05) is 164 Å². The van der Waals surface area contributed by atoms with Crippen LogP contribution in [-0.2, 0) is 0 Å². The third kappa shape index (κ3) is 5.02. The van der Waals surface area contributed by atoms with Gasteiger partial charge < -0.3 is 9.13 Å². The molecule has 0 aliphatic rings. The lowest BCUT2D eigenvalue weighted by atomic mass is 10.0. The van der Waals surface area contributed by atoms with Crippen molar-refractivity contribution in [3.63, 3.8) is 0 Å². The molecule has 0 atom stereocenters. The van der Waals surface area contributed by atoms with Crippen LogP contribution < -0.4 is 0 Å². The van der Waals surface area contributed by atoms with Gasteiger partial charge in [0.15, 0.2) is 5.82 Å². The number of nitrogens with zero attached hydrogens (tertiary/aromatic N) is 4. The highest BCUT2D eigenvalue weighted by Crippen LogP contribution is 2.42. The number of rotatable bonds is 5. The molecule has 0 radical (unpaired) electrons. The van der Waals surface area contributed by atoms with Crippen molar-refractivity contribution in [2.24, 2.45) is 0 Å². The summed E-state index contributed by atoms with van der Waals surface area (Å²) in [5, 5.41) is 9.72. The minimum atomic E-state index is 0.705. The summed E-state index contributed by atoms with van der Waals surface area (Å²) >= 11 is 0. The van der Waals surface area contributed by atoms with Gasteiger partial charge in [0.05, 0.1) is 33.5 Å². The highest BCUT2D eigenvalue weighted by Gasteiger charge is 2.21. The van der Waals surface area contributed by atoms with E-state index in [0.717, 1.165) is 39.5 Å². The van der Waals surface area contributed by atoms with Gasteiger partial charge in [0.25, 0.3) is 0 Å². The molecule has 3 heterocycles. The van der Waals surface area contributed by atoms with E-state index in [9.17, 15) is 0 Å². The summed E-state index contributed by atoms with van der Waals surface area (Å²) < 4.78 is 4.91. The first-order valence-electron chi connectivity index (χ1n) is 19.7. The second-order valence-corrected chi connectivity index (χ2v) is 15.0. The number of benzene rings is 9. The molecule has 0 aliphatic carbocycles. The van der Waals surface area contributed by atoms with Crippen molar-refractivity contribution in [1.29, 1.82) is 0 Å². The van der Waals surface area contributed by atoms with Gasteiger partial charge in [0.2, 0.25) is 0 Å². The Balaban J connectivity index is 1.08. The normalized spacial score (nSPS) is 11.8. The number of hydrogen-bond donors (Lipinski definition) is 0. The summed E-state index contributed by atoms with van der Waals surface area (Å²) in [4.78, 5) is 10.3. The number of fused-ring (bicyclic) bond motifs is 9. The minimum absolute atomic E-state index is 0.705. The van der Waals surface area contributed by atoms with Crippen molar-refractivity contribution in [3.8, 4) is 45.3 Å². The lowest BCUT2D eigenvalue weighted by Crippen LogP contribution is -1.99. The van der Waals surface area contributed by atoms with Crippen LogP contribution in [0.3, 0.4) is 0 Å². The van der Waals surface area contributed by atoms with Gasteiger partial charge in [-0.25, -0.2) is 9.97 Å². The molecule has 0 saturated heterocycles. The molecule has 0 saturated carbocycles. The lowest BCUT2D eigenvalue weighted by molar-refractivity contribution is 1.15. The Kier molecular flexibility index (Phi) is 7.20. The van der Waals surface area contributed by atoms with Crippen molar-refractivity contribution in [2.45, 2.75) is 0 Å². The highest BCUT2D eigenvalue weighted by atomic mass is 15.0. The van der Waals surface area contributed by atoms with E-state index in [1.54, 1.807) is 0 Å². The van der Waals surface area contributed by atoms with E-state index >= 15 is 0 Å². The maximum atomic E-state index is 5.18. The van der Waals surface area contributed by atoms with Gasteiger partial charge in [-0.05, 0) is 64.0 Å². The monoisotopic (exact) mass is 738 g/mol. The molecule has 58 heavy (non-hydrogen) atoms. The molecule has 12 rings (SSSR count). The van der Waals surface area contributed by atoms with Gasteiger partial charge in [-0.2, -0.15) is 0 Å². The van der Waals surface area contributed by atoms with Crippen molar-refractivity contribution >= 4 is 65.2 Å². The smallest absolute Gasteiger partial charge is 0.160 e. The van der Waals surface area contributed by atoms with Crippen LogP contribution in [0.4, 0.5) is 0 Å². The van der Waals surface area contributed by atoms with Gasteiger partial charge in [0, 0.05) is 49.6 Å². The summed E-state index contributed by atoms with van der Waals surface area (Å²) in [5.41, 5.74) is 11.8. The van der Waals surface area contributed by atoms with Gasteiger partial charge in [0.1, 0.15) is 0 Å². The third-order valence-corrected chi connectivity index (χ3v) is 11.7. The van der Waals surface area contributed by atoms with Crippen molar-refractivity contribution in [1.82, 2.24) is 19.1 Å². The number of hydrogen-bond acceptors (Lipinski definition) is 2. The minimum Gasteiger partial charge on any atom is -0.307 e. The van der Waals surface area contributed by atoms with Crippen LogP contribution in [0.2, 0.25) is 0 Å². The maximum absolute atomic E-state index is 5.18. The van der Waals surface area contributed by atoms with E-state index in [0.29, 0.717) is 5.82 Å². The molecule has 9 aromatic carbocycles. The summed E-state index contributed by atoms with van der Waals surface area (Å²) in [6.07, 6.45) is 0. The Hall–Kier alpha value is -7.82. The van der Waals surface area contributed by atoms with E-state index in [1.807, 2.05) is 18.2 Å². The lowest BCUT2D eigenvalue weighted by Gasteiger charge is -2.14. The molecule has 0 amide bonds. The first-order valence-corrected chi connectivity index (χ1v) is 19.7. The summed E-state index contributed by atoms with van der Waals surface area (Å²) in [6.45, 7) is 0. The Bertz CT molecular complexity index is 3550. The Labute approximate surface area is 334 Å². The van der Waals surface area contributed by atoms with Crippen molar-refractivity contribution in [2.75, 3.05) is 0 Å². The topological polar surface area (TPSA) is 35.6 Å². The van der Waals surface area contributed by atoms with Crippen LogP contribution in [0.5, 0.6) is 0 Å². The third-order valence-electron chi connectivity index (χ3n) is 11.7. The summed E-state index contributed by atoms with van der Waals surface area (Å²) in [6, 6.07) is 73.8. The quantitative estimate of drug-likeness (QED) is 0.176. The second kappa shape index (κ2) is 12.9. The maximum Gasteiger partial charge on any atom is 0.160 e. The SMILES string of the molecule is c1ccc(-c2nc(-c3ccc(-n4c5ccccc5c5ccc6c7ccccc7n(-c7ccc8ccccc8c7)c6c54)cc3)cc(-c3cccc4ccccc34)n2)cc1. The fraction of sp³-hybridized carbons (Fsp3) is 0. The molecule has 3 aromatic heterocycles. The second-order valence-electron chi connectivity index (χ2n) is 15.0. The number of aromatic nitrogens is 4. The average molecular weight is 739 g/mol. The van der Waals surface area contributed by atoms with Crippen LogP contribution in [0.15, 0.2) is 206 Å². The number of para-hydroxylation sites is 2. The molecule has 12 aromatic rings. The van der Waals surface area contributed by atoms with Crippen LogP contribution in [-0.4, -0.2) is 19.1 Å². The van der Waals surface area contributed by atoms with Gasteiger partial charge in [-0.3, -0.25) is 0 Å². The zero-order valence-electron chi connectivity index (χ0n) is 31.4. The first-order chi connectivity index (χ1) is 28.8. The predicted octanol–water partition coefficient (Wildman–Crippen LogP) is 14.0. The summed E-state index contributed by atoms with van der Waals surface area (Å²) in [7, 11) is 0. The summed E-state index contributed by atoms with van der Waals surface area (Å²) in [5.74, 6) is 0.705. The molecule has 0 spiro atoms. The standard InChI is InChI=1S/C54H34N4/c1-2-15-38(16-3-1)54-55-48(34-49(56-54)43-22-12-18-36-14-6-7-19-42(36)43)37-26-28-40(29-27-37)57-50-23-10-8-20-44(50)46-31-32-47-45-21-9-11-24-51(45)58(53(47)52(46)57)41-30-25-35-13-4-5-17-39(35)33-41/h1-34H. The highest BCUT2D eigenvalue weighted by molar-refractivity contribution is 6.24. The zero-order chi connectivity index (χ0) is 38.2. The van der Waals surface area contributed by atoms with E-state index in [2.05, 4.69) is 197 Å². The van der Waals surface area contributed by atoms with Crippen LogP contribution in [0, 0.1) is 0 Å². The molecule has 270 valence electrons. The van der Waals surface area contributed by atoms with E-state index in [1.165, 1.54) is 65.2 Å². The average Bonchev–Trinajstić information content (AvgIpc) is 3.82. The Morgan fingerprint density at radius 2 is 0.862 bits per heavy atom. The molecule has 0 fully saturated rings. The molecule has 0 aliphatic heterocycles.